The van der Waals surface area contributed by atoms with Crippen LogP contribution < -0.4 is 11.1 Å². The van der Waals surface area contributed by atoms with E-state index >= 15 is 0 Å². The van der Waals surface area contributed by atoms with Gasteiger partial charge in [-0.15, -0.1) is 11.3 Å². The van der Waals surface area contributed by atoms with E-state index in [2.05, 4.69) is 16.6 Å². The van der Waals surface area contributed by atoms with Crippen LogP contribution >= 0.6 is 23.1 Å². The minimum Gasteiger partial charge on any atom is -0.480 e. The van der Waals surface area contributed by atoms with Crippen LogP contribution in [0.4, 0.5) is 5.13 Å². The van der Waals surface area contributed by atoms with Crippen LogP contribution in [0.15, 0.2) is 5.38 Å². The van der Waals surface area contributed by atoms with Crippen LogP contribution in [0.3, 0.4) is 0 Å². The summed E-state index contributed by atoms with van der Waals surface area (Å²) in [7, 11) is 0. The Bertz CT molecular complexity index is 343. The minimum atomic E-state index is -1.06. The van der Waals surface area contributed by atoms with Crippen molar-refractivity contribution in [1.82, 2.24) is 4.98 Å². The predicted octanol–water partition coefficient (Wildman–Crippen LogP) is 1.39. The first-order chi connectivity index (χ1) is 7.65. The van der Waals surface area contributed by atoms with E-state index in [0.29, 0.717) is 5.69 Å². The van der Waals surface area contributed by atoms with E-state index in [9.17, 15) is 4.79 Å². The highest BCUT2D eigenvalue weighted by Gasteiger charge is 2.17. The van der Waals surface area contributed by atoms with Crippen molar-refractivity contribution >= 4 is 34.2 Å². The molecular formula is C9H15N3O2S2. The van der Waals surface area contributed by atoms with Gasteiger partial charge in [0.2, 0.25) is 0 Å². The van der Waals surface area contributed by atoms with Crippen molar-refractivity contribution in [2.45, 2.75) is 12.5 Å². The molecule has 0 radical (unpaired) electrons. The van der Waals surface area contributed by atoms with Crippen LogP contribution in [-0.2, 0) is 4.79 Å². The number of hydrogen-bond donors (Lipinski definition) is 3. The summed E-state index contributed by atoms with van der Waals surface area (Å²) in [5.74, 6) is 0.0408. The average molecular weight is 261 g/mol. The molecule has 0 saturated carbocycles. The Balaban J connectivity index is 2.42. The molecule has 0 aliphatic carbocycles. The molecule has 1 aromatic heterocycles. The van der Waals surface area contributed by atoms with Crippen molar-refractivity contribution in [3.63, 3.8) is 0 Å². The number of aromatic nitrogens is 1. The maximum atomic E-state index is 10.6. The monoisotopic (exact) mass is 261 g/mol. The second-order valence-electron chi connectivity index (χ2n) is 3.17. The minimum absolute atomic E-state index is 0.407. The fourth-order valence-corrected chi connectivity index (χ4v) is 2.26. The number of carboxylic acid groups (broad SMARTS) is 1. The van der Waals surface area contributed by atoms with Gasteiger partial charge in [0, 0.05) is 11.9 Å². The summed E-state index contributed by atoms with van der Waals surface area (Å²) >= 11 is 3.18. The number of carbonyl (C=O) groups is 1. The van der Waals surface area contributed by atoms with Crippen molar-refractivity contribution in [3.8, 4) is 0 Å². The van der Waals surface area contributed by atoms with Crippen LogP contribution in [0.25, 0.3) is 0 Å². The number of rotatable bonds is 7. The Morgan fingerprint density at radius 2 is 2.56 bits per heavy atom. The fourth-order valence-electron chi connectivity index (χ4n) is 1.05. The fraction of sp³-hybridized carbons (Fsp3) is 0.556. The van der Waals surface area contributed by atoms with Crippen LogP contribution in [-0.4, -0.2) is 34.6 Å². The number of hydrogen-bond acceptors (Lipinski definition) is 6. The summed E-state index contributed by atoms with van der Waals surface area (Å²) in [5, 5.41) is 14.3. The van der Waals surface area contributed by atoms with Gasteiger partial charge in [-0.05, 0) is 18.4 Å². The molecule has 0 bridgehead atoms. The molecule has 1 rings (SSSR count). The van der Waals surface area contributed by atoms with E-state index in [1.807, 2.05) is 0 Å². The molecule has 5 nitrogen and oxygen atoms in total. The number of carboxylic acids is 1. The molecule has 0 amide bonds. The van der Waals surface area contributed by atoms with E-state index in [-0.39, 0.29) is 0 Å². The Labute approximate surface area is 102 Å². The molecule has 7 heteroatoms. The zero-order chi connectivity index (χ0) is 12.0. The lowest BCUT2D eigenvalue weighted by molar-refractivity contribution is -0.138. The van der Waals surface area contributed by atoms with E-state index < -0.39 is 12.0 Å². The number of nitrogens with zero attached hydrogens (tertiary/aromatic N) is 1. The van der Waals surface area contributed by atoms with Crippen molar-refractivity contribution in [3.05, 3.63) is 11.1 Å². The first-order valence-electron chi connectivity index (χ1n) is 4.81. The first kappa shape index (κ1) is 13.3. The van der Waals surface area contributed by atoms with E-state index in [1.54, 1.807) is 17.1 Å². The Hall–Kier alpha value is -0.790. The van der Waals surface area contributed by atoms with Gasteiger partial charge in [-0.2, -0.15) is 11.8 Å². The number of nitrogens with two attached hydrogens (primary N) is 1. The SMILES string of the molecule is CSCCCNc1nc(C(N)C(=O)O)cs1. The smallest absolute Gasteiger partial charge is 0.326 e. The Morgan fingerprint density at radius 3 is 3.19 bits per heavy atom. The molecule has 4 N–H and O–H groups in total. The van der Waals surface area contributed by atoms with E-state index in [0.717, 1.165) is 23.8 Å². The topological polar surface area (TPSA) is 88.2 Å². The van der Waals surface area contributed by atoms with Crippen molar-refractivity contribution in [2.75, 3.05) is 23.9 Å². The molecule has 1 heterocycles. The van der Waals surface area contributed by atoms with Crippen LogP contribution in [0.5, 0.6) is 0 Å². The third-order valence-electron chi connectivity index (χ3n) is 1.91. The quantitative estimate of drug-likeness (QED) is 0.643. The summed E-state index contributed by atoms with van der Waals surface area (Å²) in [6, 6.07) is -1.03. The highest BCUT2D eigenvalue weighted by atomic mass is 32.2. The number of thioether (sulfide) groups is 1. The maximum Gasteiger partial charge on any atom is 0.326 e. The lowest BCUT2D eigenvalue weighted by Gasteiger charge is -2.02. The molecule has 90 valence electrons. The second-order valence-corrected chi connectivity index (χ2v) is 5.01. The molecule has 0 saturated heterocycles. The molecular weight excluding hydrogens is 246 g/mol. The second kappa shape index (κ2) is 6.72. The van der Waals surface area contributed by atoms with Gasteiger partial charge < -0.3 is 16.2 Å². The third kappa shape index (κ3) is 3.99. The van der Waals surface area contributed by atoms with E-state index in [1.165, 1.54) is 11.3 Å². The van der Waals surface area contributed by atoms with Crippen LogP contribution in [0.1, 0.15) is 18.2 Å². The van der Waals surface area contributed by atoms with E-state index in [4.69, 9.17) is 10.8 Å². The van der Waals surface area contributed by atoms with Gasteiger partial charge >= 0.3 is 5.97 Å². The Kier molecular flexibility index (Phi) is 5.58. The zero-order valence-electron chi connectivity index (χ0n) is 8.97. The molecule has 1 unspecified atom stereocenters. The predicted molar refractivity (Wildman–Crippen MR) is 68.2 cm³/mol. The van der Waals surface area contributed by atoms with Gasteiger partial charge in [0.1, 0.15) is 6.04 Å². The van der Waals surface area contributed by atoms with Gasteiger partial charge in [0.15, 0.2) is 5.13 Å². The molecule has 0 aromatic carbocycles. The number of nitrogens with one attached hydrogen (secondary N) is 1. The van der Waals surface area contributed by atoms with Gasteiger partial charge in [0.25, 0.3) is 0 Å². The molecule has 1 atom stereocenters. The summed E-state index contributed by atoms with van der Waals surface area (Å²) in [6.45, 7) is 0.843. The molecule has 0 aliphatic heterocycles. The standard InChI is InChI=1S/C9H15N3O2S2/c1-15-4-2-3-11-9-12-6(5-16-9)7(10)8(13)14/h5,7H,2-4,10H2,1H3,(H,11,12)(H,13,14). The lowest BCUT2D eigenvalue weighted by atomic mass is 10.2. The van der Waals surface area contributed by atoms with Crippen molar-refractivity contribution in [2.24, 2.45) is 5.73 Å². The van der Waals surface area contributed by atoms with Crippen molar-refractivity contribution < 1.29 is 9.90 Å². The van der Waals surface area contributed by atoms with Gasteiger partial charge in [0.05, 0.1) is 5.69 Å². The third-order valence-corrected chi connectivity index (χ3v) is 3.42. The lowest BCUT2D eigenvalue weighted by Crippen LogP contribution is -2.20. The van der Waals surface area contributed by atoms with Crippen LogP contribution in [0, 0.1) is 0 Å². The maximum absolute atomic E-state index is 10.6. The molecule has 16 heavy (non-hydrogen) atoms. The Morgan fingerprint density at radius 1 is 1.81 bits per heavy atom. The summed E-state index contributed by atoms with van der Waals surface area (Å²) in [6.07, 6.45) is 3.12. The molecule has 0 aliphatic rings. The number of anilines is 1. The summed E-state index contributed by atoms with van der Waals surface area (Å²) in [4.78, 5) is 14.7. The van der Waals surface area contributed by atoms with Gasteiger partial charge in [-0.25, -0.2) is 4.98 Å². The van der Waals surface area contributed by atoms with Crippen molar-refractivity contribution in [1.29, 1.82) is 0 Å². The first-order valence-corrected chi connectivity index (χ1v) is 7.09. The molecule has 0 spiro atoms. The highest BCUT2D eigenvalue weighted by Crippen LogP contribution is 2.19. The van der Waals surface area contributed by atoms with Gasteiger partial charge in [-0.3, -0.25) is 4.79 Å². The highest BCUT2D eigenvalue weighted by molar-refractivity contribution is 7.98. The van der Waals surface area contributed by atoms with Gasteiger partial charge in [-0.1, -0.05) is 0 Å². The largest absolute Gasteiger partial charge is 0.480 e. The average Bonchev–Trinajstić information content (AvgIpc) is 2.72. The number of thiazole rings is 1. The molecule has 1 aromatic rings. The summed E-state index contributed by atoms with van der Waals surface area (Å²) < 4.78 is 0. The number of aliphatic carboxylic acids is 1. The molecule has 0 fully saturated rings. The normalized spacial score (nSPS) is 12.4. The summed E-state index contributed by atoms with van der Waals surface area (Å²) in [5.41, 5.74) is 5.85. The zero-order valence-corrected chi connectivity index (χ0v) is 10.6. The van der Waals surface area contributed by atoms with Crippen LogP contribution in [0.2, 0.25) is 0 Å².